The molecule has 0 amide bonds. The largest absolute Gasteiger partial charge is 0.494 e. The minimum atomic E-state index is 0.240. The quantitative estimate of drug-likeness (QED) is 0.593. The number of ketones is 1. The molecule has 0 saturated heterocycles. The van der Waals surface area contributed by atoms with Crippen molar-refractivity contribution < 1.29 is 9.53 Å². The molecule has 106 valence electrons. The lowest BCUT2D eigenvalue weighted by atomic mass is 9.91. The summed E-state index contributed by atoms with van der Waals surface area (Å²) < 4.78 is 5.44. The summed E-state index contributed by atoms with van der Waals surface area (Å²) in [4.78, 5) is 12.3. The number of unbranched alkanes of at least 4 members (excludes halogenated alkanes) is 1. The van der Waals surface area contributed by atoms with Crippen molar-refractivity contribution >= 4 is 5.78 Å². The van der Waals surface area contributed by atoms with E-state index in [2.05, 4.69) is 13.8 Å². The summed E-state index contributed by atoms with van der Waals surface area (Å²) in [6, 6.07) is 7.54. The van der Waals surface area contributed by atoms with Gasteiger partial charge in [-0.05, 0) is 25.0 Å². The molecule has 0 aliphatic heterocycles. The fourth-order valence-electron chi connectivity index (χ4n) is 2.25. The molecule has 1 aromatic rings. The van der Waals surface area contributed by atoms with Crippen molar-refractivity contribution in [1.29, 1.82) is 0 Å². The zero-order valence-electron chi connectivity index (χ0n) is 12.4. The average molecular weight is 262 g/mol. The van der Waals surface area contributed by atoms with E-state index in [0.717, 1.165) is 24.2 Å². The van der Waals surface area contributed by atoms with Crippen LogP contribution in [0.15, 0.2) is 24.3 Å². The van der Waals surface area contributed by atoms with Gasteiger partial charge >= 0.3 is 0 Å². The molecule has 0 aliphatic rings. The van der Waals surface area contributed by atoms with Crippen molar-refractivity contribution in [3.8, 4) is 5.75 Å². The van der Waals surface area contributed by atoms with Gasteiger partial charge in [0.1, 0.15) is 5.75 Å². The summed E-state index contributed by atoms with van der Waals surface area (Å²) >= 11 is 0. The third kappa shape index (κ3) is 5.46. The number of hydrogen-bond donors (Lipinski definition) is 0. The second-order valence-corrected chi connectivity index (χ2v) is 5.00. The Morgan fingerprint density at radius 2 is 2.05 bits per heavy atom. The summed E-state index contributed by atoms with van der Waals surface area (Å²) in [5.74, 6) is 1.54. The predicted molar refractivity (Wildman–Crippen MR) is 79.9 cm³/mol. The first-order chi connectivity index (χ1) is 9.21. The highest BCUT2D eigenvalue weighted by Crippen LogP contribution is 2.21. The first-order valence-corrected chi connectivity index (χ1v) is 7.47. The molecule has 2 nitrogen and oxygen atoms in total. The second kappa shape index (κ2) is 8.73. The van der Waals surface area contributed by atoms with Crippen LogP contribution >= 0.6 is 0 Å². The van der Waals surface area contributed by atoms with E-state index in [9.17, 15) is 4.79 Å². The van der Waals surface area contributed by atoms with Gasteiger partial charge in [-0.3, -0.25) is 4.79 Å². The normalized spacial score (nSPS) is 12.2. The summed E-state index contributed by atoms with van der Waals surface area (Å²) in [7, 11) is 0. The Kier molecular flexibility index (Phi) is 7.24. The van der Waals surface area contributed by atoms with E-state index >= 15 is 0 Å². The Morgan fingerprint density at radius 3 is 2.68 bits per heavy atom. The fourth-order valence-corrected chi connectivity index (χ4v) is 2.25. The fraction of sp³-hybridized carbons (Fsp3) is 0.588. The van der Waals surface area contributed by atoms with Crippen LogP contribution in [-0.4, -0.2) is 12.4 Å². The average Bonchev–Trinajstić information content (AvgIpc) is 2.44. The number of hydrogen-bond acceptors (Lipinski definition) is 2. The number of ether oxygens (including phenoxy) is 1. The summed E-state index contributed by atoms with van der Waals surface area (Å²) in [5, 5.41) is 0. The SMILES string of the molecule is CCCCC(CC)CC(=O)c1cccc(OCC)c1. The number of carbonyl (C=O) groups is 1. The predicted octanol–water partition coefficient (Wildman–Crippen LogP) is 4.87. The summed E-state index contributed by atoms with van der Waals surface area (Å²) in [6.07, 6.45) is 5.31. The lowest BCUT2D eigenvalue weighted by Crippen LogP contribution is -2.08. The van der Waals surface area contributed by atoms with E-state index in [1.165, 1.54) is 12.8 Å². The van der Waals surface area contributed by atoms with Crippen molar-refractivity contribution in [3.05, 3.63) is 29.8 Å². The van der Waals surface area contributed by atoms with Gasteiger partial charge in [0.25, 0.3) is 0 Å². The van der Waals surface area contributed by atoms with E-state index in [1.807, 2.05) is 31.2 Å². The van der Waals surface area contributed by atoms with E-state index in [1.54, 1.807) is 0 Å². The molecular formula is C17H26O2. The van der Waals surface area contributed by atoms with E-state index in [4.69, 9.17) is 4.74 Å². The molecule has 0 aliphatic carbocycles. The van der Waals surface area contributed by atoms with Crippen LogP contribution in [0.4, 0.5) is 0 Å². The van der Waals surface area contributed by atoms with Crippen LogP contribution in [0.25, 0.3) is 0 Å². The van der Waals surface area contributed by atoms with Crippen LogP contribution in [0.2, 0.25) is 0 Å². The van der Waals surface area contributed by atoms with Crippen molar-refractivity contribution in [2.24, 2.45) is 5.92 Å². The summed E-state index contributed by atoms with van der Waals surface area (Å²) in [6.45, 7) is 6.95. The van der Waals surface area contributed by atoms with Gasteiger partial charge in [0.2, 0.25) is 0 Å². The molecule has 0 bridgehead atoms. The van der Waals surface area contributed by atoms with Crippen molar-refractivity contribution in [3.63, 3.8) is 0 Å². The molecule has 0 fully saturated rings. The molecule has 0 heterocycles. The molecule has 0 radical (unpaired) electrons. The maximum absolute atomic E-state index is 12.3. The molecule has 0 saturated carbocycles. The molecule has 0 N–H and O–H groups in total. The van der Waals surface area contributed by atoms with Gasteiger partial charge in [0.05, 0.1) is 6.61 Å². The highest BCUT2D eigenvalue weighted by molar-refractivity contribution is 5.96. The van der Waals surface area contributed by atoms with Crippen LogP contribution in [0, 0.1) is 5.92 Å². The van der Waals surface area contributed by atoms with Gasteiger partial charge in [0, 0.05) is 12.0 Å². The van der Waals surface area contributed by atoms with Crippen LogP contribution < -0.4 is 4.74 Å². The Labute approximate surface area is 117 Å². The second-order valence-electron chi connectivity index (χ2n) is 5.00. The molecule has 1 atom stereocenters. The first-order valence-electron chi connectivity index (χ1n) is 7.47. The van der Waals surface area contributed by atoms with E-state index in [-0.39, 0.29) is 5.78 Å². The summed E-state index contributed by atoms with van der Waals surface area (Å²) in [5.41, 5.74) is 0.779. The van der Waals surface area contributed by atoms with Crippen LogP contribution in [-0.2, 0) is 0 Å². The maximum atomic E-state index is 12.3. The van der Waals surface area contributed by atoms with Gasteiger partial charge in [-0.15, -0.1) is 0 Å². The monoisotopic (exact) mass is 262 g/mol. The van der Waals surface area contributed by atoms with Crippen molar-refractivity contribution in [2.45, 2.75) is 52.9 Å². The number of rotatable bonds is 9. The highest BCUT2D eigenvalue weighted by Gasteiger charge is 2.14. The Morgan fingerprint density at radius 1 is 1.26 bits per heavy atom. The van der Waals surface area contributed by atoms with Crippen LogP contribution in [0.3, 0.4) is 0 Å². The topological polar surface area (TPSA) is 26.3 Å². The smallest absolute Gasteiger partial charge is 0.163 e. The molecule has 0 aromatic heterocycles. The maximum Gasteiger partial charge on any atom is 0.163 e. The third-order valence-corrected chi connectivity index (χ3v) is 3.48. The first kappa shape index (κ1) is 15.7. The molecule has 19 heavy (non-hydrogen) atoms. The third-order valence-electron chi connectivity index (χ3n) is 3.48. The molecular weight excluding hydrogens is 236 g/mol. The van der Waals surface area contributed by atoms with Gasteiger partial charge in [-0.25, -0.2) is 0 Å². The van der Waals surface area contributed by atoms with Gasteiger partial charge in [0.15, 0.2) is 5.78 Å². The van der Waals surface area contributed by atoms with Crippen LogP contribution in [0.1, 0.15) is 63.2 Å². The lowest BCUT2D eigenvalue weighted by molar-refractivity contribution is 0.0956. The molecule has 1 unspecified atom stereocenters. The number of benzene rings is 1. The highest BCUT2D eigenvalue weighted by atomic mass is 16.5. The molecule has 2 heteroatoms. The number of Topliss-reactive ketones (excluding diaryl/α,β-unsaturated/α-hetero) is 1. The molecule has 1 aromatic carbocycles. The van der Waals surface area contributed by atoms with Gasteiger partial charge in [-0.2, -0.15) is 0 Å². The number of carbonyl (C=O) groups excluding carboxylic acids is 1. The van der Waals surface area contributed by atoms with Gasteiger partial charge < -0.3 is 4.74 Å². The van der Waals surface area contributed by atoms with E-state index in [0.29, 0.717) is 18.9 Å². The Balaban J connectivity index is 2.63. The van der Waals surface area contributed by atoms with Crippen LogP contribution in [0.5, 0.6) is 5.75 Å². The Hall–Kier alpha value is -1.31. The van der Waals surface area contributed by atoms with Gasteiger partial charge in [-0.1, -0.05) is 51.7 Å². The zero-order chi connectivity index (χ0) is 14.1. The molecule has 1 rings (SSSR count). The minimum absolute atomic E-state index is 0.240. The van der Waals surface area contributed by atoms with E-state index < -0.39 is 0 Å². The lowest BCUT2D eigenvalue weighted by Gasteiger charge is -2.13. The standard InChI is InChI=1S/C17H26O2/c1-4-7-9-14(5-2)12-17(18)15-10-8-11-16(13-15)19-6-3/h8,10-11,13-14H,4-7,9,12H2,1-3H3. The zero-order valence-corrected chi connectivity index (χ0v) is 12.4. The van der Waals surface area contributed by atoms with Crippen molar-refractivity contribution in [2.75, 3.05) is 6.61 Å². The molecule has 0 spiro atoms. The minimum Gasteiger partial charge on any atom is -0.494 e. The Bertz CT molecular complexity index is 385. The van der Waals surface area contributed by atoms with Crippen molar-refractivity contribution in [1.82, 2.24) is 0 Å².